The Morgan fingerprint density at radius 3 is 2.20 bits per heavy atom. The number of hydrogen-bond donors (Lipinski definition) is 1. The van der Waals surface area contributed by atoms with Crippen molar-refractivity contribution in [3.05, 3.63) is 30.1 Å². The molecule has 1 aromatic carbocycles. The second-order valence-electron chi connectivity index (χ2n) is 4.35. The van der Waals surface area contributed by atoms with Gasteiger partial charge in [0.1, 0.15) is 5.82 Å². The van der Waals surface area contributed by atoms with Gasteiger partial charge in [0.25, 0.3) is 0 Å². The fraction of sp³-hybridized carbons (Fsp3) is 0.500. The van der Waals surface area contributed by atoms with Gasteiger partial charge in [0, 0.05) is 30.9 Å². The van der Waals surface area contributed by atoms with E-state index in [1.54, 1.807) is 0 Å². The van der Waals surface area contributed by atoms with Crippen LogP contribution in [0.2, 0.25) is 0 Å². The molecule has 2 atom stereocenters. The number of anilines is 1. The van der Waals surface area contributed by atoms with E-state index in [0.717, 1.165) is 18.8 Å². The third kappa shape index (κ3) is 2.48. The van der Waals surface area contributed by atoms with Crippen molar-refractivity contribution >= 4 is 5.69 Å². The van der Waals surface area contributed by atoms with Gasteiger partial charge in [0.2, 0.25) is 0 Å². The molecule has 3 heteroatoms. The van der Waals surface area contributed by atoms with Gasteiger partial charge in [-0.05, 0) is 38.1 Å². The van der Waals surface area contributed by atoms with Gasteiger partial charge >= 0.3 is 0 Å². The van der Waals surface area contributed by atoms with Crippen molar-refractivity contribution < 1.29 is 4.39 Å². The summed E-state index contributed by atoms with van der Waals surface area (Å²) in [6, 6.07) is 7.71. The van der Waals surface area contributed by atoms with Crippen LogP contribution in [0.3, 0.4) is 0 Å². The maximum absolute atomic E-state index is 12.8. The first-order valence-electron chi connectivity index (χ1n) is 5.41. The maximum atomic E-state index is 12.8. The molecule has 1 fully saturated rings. The average Bonchev–Trinajstić information content (AvgIpc) is 2.17. The van der Waals surface area contributed by atoms with Gasteiger partial charge in [0.05, 0.1) is 0 Å². The fourth-order valence-electron chi connectivity index (χ4n) is 2.19. The van der Waals surface area contributed by atoms with E-state index in [4.69, 9.17) is 0 Å². The summed E-state index contributed by atoms with van der Waals surface area (Å²) in [4.78, 5) is 2.30. The van der Waals surface area contributed by atoms with Crippen LogP contribution in [0.1, 0.15) is 13.8 Å². The molecule has 2 nitrogen and oxygen atoms in total. The van der Waals surface area contributed by atoms with E-state index in [2.05, 4.69) is 24.1 Å². The highest BCUT2D eigenvalue weighted by atomic mass is 19.1. The Bertz CT molecular complexity index is 313. The van der Waals surface area contributed by atoms with Crippen LogP contribution in [0.4, 0.5) is 10.1 Å². The predicted octanol–water partition coefficient (Wildman–Crippen LogP) is 2.01. The molecule has 15 heavy (non-hydrogen) atoms. The number of rotatable bonds is 1. The minimum atomic E-state index is -0.171. The molecule has 2 unspecified atom stereocenters. The van der Waals surface area contributed by atoms with Crippen molar-refractivity contribution in [2.45, 2.75) is 25.9 Å². The summed E-state index contributed by atoms with van der Waals surface area (Å²) < 4.78 is 12.8. The fourth-order valence-corrected chi connectivity index (χ4v) is 2.19. The van der Waals surface area contributed by atoms with Crippen molar-refractivity contribution in [2.24, 2.45) is 0 Å². The second kappa shape index (κ2) is 4.19. The van der Waals surface area contributed by atoms with E-state index in [0.29, 0.717) is 12.1 Å². The maximum Gasteiger partial charge on any atom is 0.123 e. The van der Waals surface area contributed by atoms with Gasteiger partial charge in [-0.1, -0.05) is 0 Å². The molecule has 0 bridgehead atoms. The number of piperazine rings is 1. The zero-order valence-corrected chi connectivity index (χ0v) is 9.20. The highest BCUT2D eigenvalue weighted by Crippen LogP contribution is 2.17. The highest BCUT2D eigenvalue weighted by molar-refractivity contribution is 5.47. The van der Waals surface area contributed by atoms with Crippen molar-refractivity contribution in [3.63, 3.8) is 0 Å². The van der Waals surface area contributed by atoms with E-state index in [-0.39, 0.29) is 5.82 Å². The van der Waals surface area contributed by atoms with E-state index in [1.165, 1.54) is 12.1 Å². The molecule has 82 valence electrons. The topological polar surface area (TPSA) is 15.3 Å². The van der Waals surface area contributed by atoms with Crippen LogP contribution in [-0.2, 0) is 0 Å². The molecule has 1 aliphatic rings. The van der Waals surface area contributed by atoms with E-state index in [9.17, 15) is 4.39 Å². The highest BCUT2D eigenvalue weighted by Gasteiger charge is 2.20. The Labute approximate surface area is 90.1 Å². The Hall–Kier alpha value is -1.09. The molecule has 1 aliphatic heterocycles. The predicted molar refractivity (Wildman–Crippen MR) is 60.7 cm³/mol. The number of halogens is 1. The third-order valence-corrected chi connectivity index (χ3v) is 2.75. The van der Waals surface area contributed by atoms with Crippen LogP contribution in [0, 0.1) is 5.82 Å². The van der Waals surface area contributed by atoms with Crippen LogP contribution < -0.4 is 10.2 Å². The monoisotopic (exact) mass is 208 g/mol. The lowest BCUT2D eigenvalue weighted by molar-refractivity contribution is 0.407. The third-order valence-electron chi connectivity index (χ3n) is 2.75. The lowest BCUT2D eigenvalue weighted by Crippen LogP contribution is -2.54. The van der Waals surface area contributed by atoms with Gasteiger partial charge < -0.3 is 10.2 Å². The summed E-state index contributed by atoms with van der Waals surface area (Å²) in [7, 11) is 0. The first-order chi connectivity index (χ1) is 7.15. The van der Waals surface area contributed by atoms with E-state index >= 15 is 0 Å². The molecular weight excluding hydrogens is 191 g/mol. The molecule has 1 N–H and O–H groups in total. The van der Waals surface area contributed by atoms with Crippen LogP contribution in [0.5, 0.6) is 0 Å². The molecule has 0 radical (unpaired) electrons. The van der Waals surface area contributed by atoms with Crippen LogP contribution in [0.25, 0.3) is 0 Å². The van der Waals surface area contributed by atoms with Crippen LogP contribution in [-0.4, -0.2) is 25.2 Å². The second-order valence-corrected chi connectivity index (χ2v) is 4.35. The first-order valence-corrected chi connectivity index (χ1v) is 5.41. The van der Waals surface area contributed by atoms with E-state index in [1.807, 2.05) is 12.1 Å². The largest absolute Gasteiger partial charge is 0.368 e. The van der Waals surface area contributed by atoms with E-state index < -0.39 is 0 Å². The van der Waals surface area contributed by atoms with Crippen molar-refractivity contribution in [2.75, 3.05) is 18.0 Å². The zero-order chi connectivity index (χ0) is 10.8. The normalized spacial score (nSPS) is 26.7. The first kappa shape index (κ1) is 10.4. The minimum absolute atomic E-state index is 0.171. The summed E-state index contributed by atoms with van der Waals surface area (Å²) in [5, 5.41) is 3.47. The summed E-state index contributed by atoms with van der Waals surface area (Å²) in [6.07, 6.45) is 0. The summed E-state index contributed by atoms with van der Waals surface area (Å²) in [5.74, 6) is -0.171. The number of nitrogens with zero attached hydrogens (tertiary/aromatic N) is 1. The van der Waals surface area contributed by atoms with Gasteiger partial charge in [-0.15, -0.1) is 0 Å². The van der Waals surface area contributed by atoms with Crippen molar-refractivity contribution in [3.8, 4) is 0 Å². The summed E-state index contributed by atoms with van der Waals surface area (Å²) in [5.41, 5.74) is 1.11. The Morgan fingerprint density at radius 2 is 1.67 bits per heavy atom. The summed E-state index contributed by atoms with van der Waals surface area (Å²) >= 11 is 0. The Morgan fingerprint density at radius 1 is 1.13 bits per heavy atom. The molecule has 1 saturated heterocycles. The minimum Gasteiger partial charge on any atom is -0.368 e. The van der Waals surface area contributed by atoms with Crippen LogP contribution in [0.15, 0.2) is 24.3 Å². The molecule has 0 aliphatic carbocycles. The molecule has 1 heterocycles. The smallest absolute Gasteiger partial charge is 0.123 e. The summed E-state index contributed by atoms with van der Waals surface area (Å²) in [6.45, 7) is 6.31. The number of benzene rings is 1. The average molecular weight is 208 g/mol. The van der Waals surface area contributed by atoms with Crippen LogP contribution >= 0.6 is 0 Å². The molecule has 2 rings (SSSR count). The van der Waals surface area contributed by atoms with Gasteiger partial charge in [-0.2, -0.15) is 0 Å². The standard InChI is InChI=1S/C12H17FN2/c1-9-7-15(8-10(2)14-9)12-5-3-11(13)4-6-12/h3-6,9-10,14H,7-8H2,1-2H3. The lowest BCUT2D eigenvalue weighted by Gasteiger charge is -2.37. The molecule has 0 aromatic heterocycles. The molecule has 0 spiro atoms. The van der Waals surface area contributed by atoms with Crippen molar-refractivity contribution in [1.82, 2.24) is 5.32 Å². The zero-order valence-electron chi connectivity index (χ0n) is 9.20. The van der Waals surface area contributed by atoms with Gasteiger partial charge in [-0.25, -0.2) is 4.39 Å². The number of hydrogen-bond acceptors (Lipinski definition) is 2. The molecule has 0 saturated carbocycles. The lowest BCUT2D eigenvalue weighted by atomic mass is 10.1. The SMILES string of the molecule is CC1CN(c2ccc(F)cc2)CC(C)N1. The number of nitrogens with one attached hydrogen (secondary N) is 1. The van der Waals surface area contributed by atoms with Crippen molar-refractivity contribution in [1.29, 1.82) is 0 Å². The quantitative estimate of drug-likeness (QED) is 0.759. The van der Waals surface area contributed by atoms with Gasteiger partial charge in [-0.3, -0.25) is 0 Å². The van der Waals surface area contributed by atoms with Gasteiger partial charge in [0.15, 0.2) is 0 Å². The Kier molecular flexibility index (Phi) is 2.91. The molecule has 0 amide bonds. The molecular formula is C12H17FN2. The molecule has 1 aromatic rings. The Balaban J connectivity index is 2.12.